The molecule has 0 aromatic heterocycles. The number of Topliss-reactive ketones (excluding diaryl/α,β-unsaturated/α-hetero) is 2. The molecule has 200 valence electrons. The normalized spacial score (nSPS) is 27.4. The van der Waals surface area contributed by atoms with Crippen LogP contribution < -0.4 is 15.8 Å². The van der Waals surface area contributed by atoms with Crippen LogP contribution in [-0.2, 0) is 22.6 Å². The second-order valence-corrected chi connectivity index (χ2v) is 10.4. The van der Waals surface area contributed by atoms with Crippen LogP contribution in [0.3, 0.4) is 0 Å². The van der Waals surface area contributed by atoms with Gasteiger partial charge in [-0.15, -0.1) is 0 Å². The molecule has 4 rings (SSSR count). The highest BCUT2D eigenvalue weighted by molar-refractivity contribution is 6.24. The number of nitrogens with zero attached hydrogens (tertiary/aromatic N) is 1. The lowest BCUT2D eigenvalue weighted by molar-refractivity contribution is -0.148. The van der Waals surface area contributed by atoms with E-state index in [1.54, 1.807) is 14.1 Å². The number of aliphatic hydroxyl groups excluding tert-OH is 2. The maximum Gasteiger partial charge on any atom is 0.255 e. The van der Waals surface area contributed by atoms with Gasteiger partial charge in [-0.05, 0) is 38.9 Å². The minimum absolute atomic E-state index is 0.0180. The van der Waals surface area contributed by atoms with E-state index >= 15 is 0 Å². The Hall–Kier alpha value is -3.41. The fourth-order valence-electron chi connectivity index (χ4n) is 6.06. The molecule has 7 N–H and O–H groups in total. The lowest BCUT2D eigenvalue weighted by Gasteiger charge is -2.50. The van der Waals surface area contributed by atoms with Crippen molar-refractivity contribution in [2.75, 3.05) is 21.2 Å². The number of hydrogen-bond acceptors (Lipinski definition) is 10. The lowest BCUT2D eigenvalue weighted by atomic mass is 9.58. The number of nitrogens with two attached hydrogens (primary N) is 1. The second kappa shape index (κ2) is 9.16. The third kappa shape index (κ3) is 3.80. The van der Waals surface area contributed by atoms with Crippen LogP contribution in [0.25, 0.3) is 0 Å². The summed E-state index contributed by atoms with van der Waals surface area (Å²) in [4.78, 5) is 40.6. The number of carbonyl (C=O) groups is 3. The Kier molecular flexibility index (Phi) is 6.60. The number of rotatable bonds is 6. The zero-order valence-corrected chi connectivity index (χ0v) is 21.5. The van der Waals surface area contributed by atoms with Crippen molar-refractivity contribution in [2.45, 2.75) is 50.9 Å². The van der Waals surface area contributed by atoms with Crippen molar-refractivity contribution in [1.82, 2.24) is 10.2 Å². The summed E-state index contributed by atoms with van der Waals surface area (Å²) >= 11 is 0. The van der Waals surface area contributed by atoms with Gasteiger partial charge < -0.3 is 36.2 Å². The van der Waals surface area contributed by atoms with E-state index in [1.807, 2.05) is 13.8 Å². The van der Waals surface area contributed by atoms with Gasteiger partial charge in [0.15, 0.2) is 11.4 Å². The Bertz CT molecular complexity index is 1260. The number of aromatic hydroxyl groups is 1. The largest absolute Gasteiger partial charge is 0.510 e. The molecule has 1 aromatic rings. The van der Waals surface area contributed by atoms with Crippen molar-refractivity contribution in [1.29, 1.82) is 0 Å². The van der Waals surface area contributed by atoms with Crippen molar-refractivity contribution in [2.24, 2.45) is 17.6 Å². The molecule has 3 aliphatic rings. The summed E-state index contributed by atoms with van der Waals surface area (Å²) in [7, 11) is 4.64. The van der Waals surface area contributed by atoms with Crippen LogP contribution in [0.4, 0.5) is 0 Å². The summed E-state index contributed by atoms with van der Waals surface area (Å²) in [5.74, 6) is -6.39. The van der Waals surface area contributed by atoms with E-state index in [2.05, 4.69) is 5.32 Å². The molecule has 0 spiro atoms. The molecule has 1 aromatic carbocycles. The highest BCUT2D eigenvalue weighted by Gasteiger charge is 2.63. The van der Waals surface area contributed by atoms with Gasteiger partial charge in [-0.1, -0.05) is 13.8 Å². The number of fused-ring (bicyclic) bond motifs is 3. The van der Waals surface area contributed by atoms with Crippen LogP contribution in [0.1, 0.15) is 41.8 Å². The Morgan fingerprint density at radius 1 is 1.27 bits per heavy atom. The minimum Gasteiger partial charge on any atom is -0.510 e. The van der Waals surface area contributed by atoms with Gasteiger partial charge in [0.25, 0.3) is 5.91 Å². The van der Waals surface area contributed by atoms with Crippen LogP contribution in [0.5, 0.6) is 11.5 Å². The predicted octanol–water partition coefficient (Wildman–Crippen LogP) is 0.627. The number of hydrogen-bond donors (Lipinski definition) is 6. The maximum atomic E-state index is 13.7. The van der Waals surface area contributed by atoms with Crippen molar-refractivity contribution < 1.29 is 39.5 Å². The Labute approximate surface area is 214 Å². The van der Waals surface area contributed by atoms with Crippen molar-refractivity contribution >= 4 is 17.5 Å². The number of likely N-dealkylation sites (N-methyl/N-ethyl adjacent to an activating group) is 1. The molecular formula is C26H33N3O8. The quantitative estimate of drug-likeness (QED) is 0.294. The van der Waals surface area contributed by atoms with Gasteiger partial charge in [-0.3, -0.25) is 19.3 Å². The third-order valence-electron chi connectivity index (χ3n) is 7.65. The Balaban J connectivity index is 1.92. The molecular weight excluding hydrogens is 482 g/mol. The van der Waals surface area contributed by atoms with Crippen LogP contribution in [0, 0.1) is 11.8 Å². The summed E-state index contributed by atoms with van der Waals surface area (Å²) in [6, 6.07) is 0.537. The zero-order valence-electron chi connectivity index (χ0n) is 21.5. The number of carbonyl (C=O) groups excluding carboxylic acids is 3. The van der Waals surface area contributed by atoms with Crippen molar-refractivity contribution in [3.63, 3.8) is 0 Å². The number of aliphatic hydroxyl groups is 3. The average molecular weight is 516 g/mol. The molecule has 3 aliphatic carbocycles. The number of phenolic OH excluding ortho intramolecular Hbond substituents is 1. The fourth-order valence-corrected chi connectivity index (χ4v) is 6.06. The molecule has 0 saturated carbocycles. The standard InChI is InChI=1S/C26H33N3O8/c1-10(2)28-9-12-8-15(30)17-13(22(12)37-5)6-11-7-14-19(29(3)4)21(32)18(25(27)35)24(34)26(14,36)23(33)16(11)20(17)31/h8,10-11,14,19,28,30,32-33,36H,6-7,9H2,1-5H3,(H2,27,35)/t11-,14-,19-,26-/m0/s1. The van der Waals surface area contributed by atoms with Gasteiger partial charge in [0, 0.05) is 35.2 Å². The smallest absolute Gasteiger partial charge is 0.255 e. The van der Waals surface area contributed by atoms with E-state index in [-0.39, 0.29) is 35.8 Å². The number of allylic oxidation sites excluding steroid dienone is 1. The summed E-state index contributed by atoms with van der Waals surface area (Å²) in [5.41, 5.74) is 2.68. The van der Waals surface area contributed by atoms with Crippen LogP contribution in [-0.4, -0.2) is 81.7 Å². The van der Waals surface area contributed by atoms with Crippen molar-refractivity contribution in [3.8, 4) is 11.5 Å². The third-order valence-corrected chi connectivity index (χ3v) is 7.65. The predicted molar refractivity (Wildman–Crippen MR) is 132 cm³/mol. The van der Waals surface area contributed by atoms with E-state index in [0.29, 0.717) is 23.4 Å². The van der Waals surface area contributed by atoms with Crippen LogP contribution >= 0.6 is 0 Å². The first kappa shape index (κ1) is 26.6. The summed E-state index contributed by atoms with van der Waals surface area (Å²) in [5, 5.41) is 47.9. The van der Waals surface area contributed by atoms with Gasteiger partial charge in [0.1, 0.15) is 28.6 Å². The first-order chi connectivity index (χ1) is 17.3. The van der Waals surface area contributed by atoms with E-state index in [9.17, 15) is 34.8 Å². The average Bonchev–Trinajstić information content (AvgIpc) is 2.79. The molecule has 0 unspecified atom stereocenters. The SMILES string of the molecule is COc1c(CNC(C)C)cc(O)c2c1C[C@H]1C[C@H]3[C@H](N(C)C)C(O)=C(C(N)=O)C(=O)[C@@]3(O)C(O)=C1C2=O. The number of ketones is 2. The molecule has 0 radical (unpaired) electrons. The van der Waals surface area contributed by atoms with E-state index < -0.39 is 58.0 Å². The van der Waals surface area contributed by atoms with Crippen molar-refractivity contribution in [3.05, 3.63) is 45.4 Å². The molecule has 0 aliphatic heterocycles. The van der Waals surface area contributed by atoms with Gasteiger partial charge in [0.05, 0.1) is 18.7 Å². The molecule has 0 fully saturated rings. The maximum absolute atomic E-state index is 13.7. The van der Waals surface area contributed by atoms with E-state index in [0.717, 1.165) is 0 Å². The first-order valence-electron chi connectivity index (χ1n) is 12.1. The second-order valence-electron chi connectivity index (χ2n) is 10.4. The number of ether oxygens (including phenoxy) is 1. The molecule has 0 saturated heterocycles. The molecule has 4 atom stereocenters. The molecule has 11 heteroatoms. The highest BCUT2D eigenvalue weighted by Crippen LogP contribution is 2.53. The number of phenols is 1. The van der Waals surface area contributed by atoms with E-state index in [4.69, 9.17) is 10.5 Å². The van der Waals surface area contributed by atoms with Gasteiger partial charge >= 0.3 is 0 Å². The minimum atomic E-state index is -2.66. The molecule has 37 heavy (non-hydrogen) atoms. The Morgan fingerprint density at radius 3 is 2.46 bits per heavy atom. The first-order valence-corrected chi connectivity index (χ1v) is 12.1. The summed E-state index contributed by atoms with van der Waals surface area (Å²) in [6.45, 7) is 4.32. The monoisotopic (exact) mass is 515 g/mol. The lowest BCUT2D eigenvalue weighted by Crippen LogP contribution is -2.63. The Morgan fingerprint density at radius 2 is 1.92 bits per heavy atom. The number of amides is 1. The number of methoxy groups -OCH3 is 1. The topological polar surface area (TPSA) is 183 Å². The van der Waals surface area contributed by atoms with Gasteiger partial charge in [-0.25, -0.2) is 0 Å². The summed E-state index contributed by atoms with van der Waals surface area (Å²) < 4.78 is 5.65. The zero-order chi connectivity index (χ0) is 27.6. The van der Waals surface area contributed by atoms with Crippen LogP contribution in [0.2, 0.25) is 0 Å². The molecule has 0 bridgehead atoms. The summed E-state index contributed by atoms with van der Waals surface area (Å²) in [6.07, 6.45) is 0.185. The molecule has 11 nitrogen and oxygen atoms in total. The highest BCUT2D eigenvalue weighted by atomic mass is 16.5. The molecule has 0 heterocycles. The fraction of sp³-hybridized carbons (Fsp3) is 0.500. The number of nitrogens with one attached hydrogen (secondary N) is 1. The van der Waals surface area contributed by atoms with Gasteiger partial charge in [0.2, 0.25) is 5.78 Å². The number of primary amides is 1. The van der Waals surface area contributed by atoms with E-state index in [1.165, 1.54) is 18.1 Å². The number of benzene rings is 1. The molecule has 1 amide bonds. The van der Waals surface area contributed by atoms with Crippen LogP contribution in [0.15, 0.2) is 28.7 Å². The van der Waals surface area contributed by atoms with Gasteiger partial charge in [-0.2, -0.15) is 0 Å².